The number of rotatable bonds is 7. The molecule has 0 unspecified atom stereocenters. The van der Waals surface area contributed by atoms with Crippen molar-refractivity contribution < 1.29 is 43.0 Å². The van der Waals surface area contributed by atoms with Gasteiger partial charge in [0.15, 0.2) is 28.1 Å². The number of aliphatic hydroxyl groups is 1. The van der Waals surface area contributed by atoms with E-state index in [-0.39, 0.29) is 28.1 Å². The van der Waals surface area contributed by atoms with Crippen LogP contribution in [0.3, 0.4) is 0 Å². The van der Waals surface area contributed by atoms with Crippen LogP contribution in [0.15, 0.2) is 42.7 Å². The topological polar surface area (TPSA) is 156 Å². The van der Waals surface area contributed by atoms with Crippen LogP contribution in [0.2, 0.25) is 0 Å². The van der Waals surface area contributed by atoms with E-state index in [0.29, 0.717) is 61.0 Å². The first kappa shape index (κ1) is 39.8. The molecule has 2 heterocycles. The lowest BCUT2D eigenvalue weighted by Crippen LogP contribution is -2.51. The second-order valence-corrected chi connectivity index (χ2v) is 29.7. The van der Waals surface area contributed by atoms with Gasteiger partial charge >= 0.3 is 5.63 Å². The second kappa shape index (κ2) is 9.85. The number of amides is 1. The van der Waals surface area contributed by atoms with Gasteiger partial charge in [-0.2, -0.15) is 0 Å². The maximum absolute atomic E-state index is 17.3. The minimum absolute atomic E-state index is 0.111. The van der Waals surface area contributed by atoms with Crippen LogP contribution in [-0.4, -0.2) is 29.3 Å². The molecule has 0 spiro atoms. The minimum Gasteiger partial charge on any atom is -0.497 e. The molecule has 2 aromatic heterocycles. The van der Waals surface area contributed by atoms with Gasteiger partial charge in [0.25, 0.3) is 5.91 Å². The van der Waals surface area contributed by atoms with Crippen molar-refractivity contribution in [2.75, 3.05) is 12.4 Å². The molecule has 5 aliphatic rings. The summed E-state index contributed by atoms with van der Waals surface area (Å²) in [5.74, 6) is -0.163. The summed E-state index contributed by atoms with van der Waals surface area (Å²) in [7, 11) is 1.59. The van der Waals surface area contributed by atoms with Gasteiger partial charge in [-0.25, -0.2) is 24.3 Å². The Bertz CT molecular complexity index is 7890. The number of hydrogen-bond acceptors (Lipinski definition) is 11. The number of nitrogens with one attached hydrogen (secondary N) is 1. The van der Waals surface area contributed by atoms with Crippen molar-refractivity contribution >= 4 is 249 Å². The molecular formula is C75H27NO11. The number of anilines is 1. The third kappa shape index (κ3) is 2.76. The van der Waals surface area contributed by atoms with Crippen LogP contribution in [0.4, 0.5) is 5.69 Å². The van der Waals surface area contributed by atoms with Crippen LogP contribution in [0.5, 0.6) is 5.75 Å². The summed E-state index contributed by atoms with van der Waals surface area (Å²) < 4.78 is 20.7. The number of benzene rings is 16. The monoisotopic (exact) mass is 1120 g/mol. The maximum atomic E-state index is 17.3. The zero-order valence-corrected chi connectivity index (χ0v) is 46.3. The van der Waals surface area contributed by atoms with Gasteiger partial charge in [-0.3, -0.25) is 9.59 Å². The van der Waals surface area contributed by atoms with Crippen molar-refractivity contribution in [3.05, 3.63) is 101 Å². The van der Waals surface area contributed by atoms with Crippen LogP contribution < -0.4 is 21.1 Å². The summed E-state index contributed by atoms with van der Waals surface area (Å²) >= 11 is 0. The molecule has 0 saturated carbocycles. The highest BCUT2D eigenvalue weighted by molar-refractivity contribution is 6.78. The number of carbonyl (C=O) groups is 1. The molecule has 30 rings (SSSR count). The number of carbonyl (C=O) groups excluding carboxylic acids is 1. The summed E-state index contributed by atoms with van der Waals surface area (Å²) in [5.41, 5.74) is -4.21. The minimum atomic E-state index is -2.31. The van der Waals surface area contributed by atoms with E-state index < -0.39 is 39.5 Å². The highest BCUT2D eigenvalue weighted by atomic mass is 17.2. The van der Waals surface area contributed by atoms with E-state index in [1.807, 2.05) is 41.5 Å². The van der Waals surface area contributed by atoms with E-state index in [9.17, 15) is 0 Å². The lowest BCUT2D eigenvalue weighted by atomic mass is 9.60. The normalized spacial score (nSPS) is 21.6. The fourth-order valence-electron chi connectivity index (χ4n) is 23.5. The summed E-state index contributed by atoms with van der Waals surface area (Å²) in [6, 6.07) is 7.10. The summed E-state index contributed by atoms with van der Waals surface area (Å²) in [4.78, 5) is 80.3. The predicted molar refractivity (Wildman–Crippen MR) is 337 cm³/mol. The molecule has 87 heavy (non-hydrogen) atoms. The third-order valence-electron chi connectivity index (χ3n) is 24.8. The van der Waals surface area contributed by atoms with Gasteiger partial charge in [0, 0.05) is 125 Å². The van der Waals surface area contributed by atoms with Crippen molar-refractivity contribution in [2.24, 2.45) is 0 Å². The van der Waals surface area contributed by atoms with Crippen LogP contribution >= 0.6 is 0 Å². The molecule has 3 atom stereocenters. The van der Waals surface area contributed by atoms with E-state index in [2.05, 4.69) is 5.32 Å². The summed E-state index contributed by atoms with van der Waals surface area (Å²) in [5, 5.41) is 63.6. The number of methoxy groups -OCH3 is 1. The van der Waals surface area contributed by atoms with Crippen molar-refractivity contribution in [2.45, 2.75) is 69.5 Å². The van der Waals surface area contributed by atoms with Gasteiger partial charge in [0.1, 0.15) is 11.4 Å². The molecule has 12 nitrogen and oxygen atoms in total. The van der Waals surface area contributed by atoms with Crippen LogP contribution in [0, 0.1) is 0 Å². The Kier molecular flexibility index (Phi) is 4.50. The zero-order valence-electron chi connectivity index (χ0n) is 46.3. The lowest BCUT2D eigenvalue weighted by Gasteiger charge is -2.48. The van der Waals surface area contributed by atoms with Gasteiger partial charge in [-0.05, 0) is 206 Å². The van der Waals surface area contributed by atoms with Gasteiger partial charge in [-0.1, -0.05) is 0 Å². The van der Waals surface area contributed by atoms with E-state index >= 15 is 19.5 Å². The molecule has 0 radical (unpaired) electrons. The molecule has 398 valence electrons. The van der Waals surface area contributed by atoms with E-state index in [4.69, 9.17) is 33.1 Å². The highest BCUT2D eigenvalue weighted by Gasteiger charge is 2.74. The second-order valence-electron chi connectivity index (χ2n) is 29.7. The van der Waals surface area contributed by atoms with Crippen molar-refractivity contribution in [3.8, 4) is 5.75 Å². The van der Waals surface area contributed by atoms with Crippen LogP contribution in [-0.2, 0) is 36.4 Å². The van der Waals surface area contributed by atoms with E-state index in [1.54, 1.807) is 31.4 Å². The molecule has 1 amide bonds. The molecule has 2 N–H and O–H groups in total. The van der Waals surface area contributed by atoms with Crippen molar-refractivity contribution in [3.63, 3.8) is 0 Å². The quantitative estimate of drug-likeness (QED) is 0.0515. The molecular weight excluding hydrogens is 1090 g/mol. The molecule has 0 fully saturated rings. The average Bonchev–Trinajstić information content (AvgIpc) is 1.40. The Labute approximate surface area is 478 Å². The Morgan fingerprint density at radius 3 is 1.24 bits per heavy atom. The molecule has 12 heteroatoms. The van der Waals surface area contributed by atoms with Gasteiger partial charge in [0.2, 0.25) is 5.60 Å². The molecule has 23 aromatic carbocycles. The number of ether oxygens (including phenoxy) is 1. The Morgan fingerprint density at radius 1 is 0.402 bits per heavy atom. The highest BCUT2D eigenvalue weighted by Crippen LogP contribution is 2.82. The standard InChI is InChI=1S/C75H27NO11/c1-71(2,3)84-86-74-60-51-40-31-24-17-14-16-15-18(17)25-30-28-20(15)26-33-21(16)23-22-19(14)27-29(24)39(40)49-47-37(27)34(22)44-45-36(23)43(33)53-46-35(26)38(28)48-50-41(30)42(32(25)31)52(51)61(74)62(50)75(87-85-72(4,5)6)58(48)55(46)70(79)83-66(53)56(45)65(77)54(44)57(47)73(80,59(49)60)63-64(74)68(75)82-67(63)69(78)76-12-8-10-13(81-7)11-9-12/h8-11,80H,1-7H3,(H,76,78)/t73-,74-,75+/m0/s1. The van der Waals surface area contributed by atoms with Gasteiger partial charge < -0.3 is 24.0 Å². The third-order valence-corrected chi connectivity index (χ3v) is 24.8. The zero-order chi connectivity index (χ0) is 56.0. The smallest absolute Gasteiger partial charge is 0.344 e. The van der Waals surface area contributed by atoms with Gasteiger partial charge in [0.05, 0.1) is 34.6 Å². The predicted octanol–water partition coefficient (Wildman–Crippen LogP) is 16.3. The van der Waals surface area contributed by atoms with Crippen molar-refractivity contribution in [1.82, 2.24) is 0 Å². The molecule has 0 aliphatic heterocycles. The first-order valence-corrected chi connectivity index (χ1v) is 30.2. The van der Waals surface area contributed by atoms with Gasteiger partial charge in [-0.15, -0.1) is 0 Å². The average molecular weight is 1120 g/mol. The molecule has 25 aromatic rings. The number of furan rings is 1. The van der Waals surface area contributed by atoms with Crippen molar-refractivity contribution in [1.29, 1.82) is 0 Å². The number of hydrogen-bond donors (Lipinski definition) is 2. The van der Waals surface area contributed by atoms with E-state index in [0.717, 1.165) is 119 Å². The first-order chi connectivity index (χ1) is 42.1. The van der Waals surface area contributed by atoms with E-state index in [1.165, 1.54) is 102 Å². The largest absolute Gasteiger partial charge is 0.497 e. The first-order valence-electron chi connectivity index (χ1n) is 30.2. The van der Waals surface area contributed by atoms with Crippen LogP contribution in [0.1, 0.15) is 102 Å². The fourth-order valence-corrected chi connectivity index (χ4v) is 23.5. The SMILES string of the molecule is COc1ccc(NC(=O)c2oc3c4c2[C@@]2(O)c5c6c7c8c(c9c%10c%11c(c%12c(=O)oc%13c%14c(=O)c%15c2c2c5c5c7c7c%16c8c%10c8c%10c%11c%11c%12c%13c%12c%13c%14c%15c%14c2c2c5c7c5c(c%168)c7c%10c%11c%12c8c%13c%14c2c5c87)[C@]39OOC(C)(C)C)[C@]46OOC(C)(C)C)cc1. The Balaban J connectivity index is 1.04. The molecule has 5 aliphatic carbocycles. The summed E-state index contributed by atoms with van der Waals surface area (Å²) in [6.07, 6.45) is 0. The maximum Gasteiger partial charge on any atom is 0.344 e. The van der Waals surface area contributed by atoms with Crippen LogP contribution in [0.25, 0.3) is 237 Å². The molecule has 0 bridgehead atoms. The fraction of sp³-hybridized carbons (Fsp3) is 0.160. The molecule has 0 saturated heterocycles. The number of fused-ring (bicyclic) bond motifs is 7. The summed E-state index contributed by atoms with van der Waals surface area (Å²) in [6.45, 7) is 11.7. The Morgan fingerprint density at radius 2 is 0.770 bits per heavy atom. The Hall–Kier alpha value is -9.79. The lowest BCUT2D eigenvalue weighted by molar-refractivity contribution is -0.402.